The number of thioether (sulfide) groups is 1. The summed E-state index contributed by atoms with van der Waals surface area (Å²) < 4.78 is 46.1. The predicted octanol–water partition coefficient (Wildman–Crippen LogP) is 4.53. The number of carbonyl (C=O) groups excluding carboxylic acids is 1. The molecule has 1 aliphatic rings. The lowest BCUT2D eigenvalue weighted by atomic mass is 10.1. The number of carbonyl (C=O) groups is 1. The lowest BCUT2D eigenvalue weighted by Crippen LogP contribution is -2.57. The summed E-state index contributed by atoms with van der Waals surface area (Å²) in [4.78, 5) is 28.6. The number of aromatic nitrogens is 3. The van der Waals surface area contributed by atoms with Crippen molar-refractivity contribution in [1.29, 1.82) is 0 Å². The number of piperazine rings is 1. The molecule has 2 aromatic heterocycles. The van der Waals surface area contributed by atoms with Crippen molar-refractivity contribution < 1.29 is 22.7 Å². The SMILES string of the molecule is C=CCNC(=O)c1cnc(Nc2ccc(N3CCN(C)C(C(F)(F)F)C3)c(OC)c2)nc1Nc1cccc(N)n1.CSC. The zero-order chi connectivity index (χ0) is 31.6. The summed E-state index contributed by atoms with van der Waals surface area (Å²) in [6.07, 6.45) is 2.64. The minimum Gasteiger partial charge on any atom is -0.495 e. The molecule has 0 aliphatic carbocycles. The number of hydrogen-bond acceptors (Lipinski definition) is 11. The van der Waals surface area contributed by atoms with Gasteiger partial charge in [0.2, 0.25) is 5.95 Å². The second kappa shape index (κ2) is 15.3. The van der Waals surface area contributed by atoms with E-state index in [1.54, 1.807) is 59.1 Å². The van der Waals surface area contributed by atoms with E-state index < -0.39 is 18.1 Å². The van der Waals surface area contributed by atoms with Gasteiger partial charge in [0, 0.05) is 44.1 Å². The van der Waals surface area contributed by atoms with Gasteiger partial charge in [-0.05, 0) is 43.8 Å². The van der Waals surface area contributed by atoms with Gasteiger partial charge in [-0.15, -0.1) is 6.58 Å². The highest BCUT2D eigenvalue weighted by Crippen LogP contribution is 2.36. The maximum atomic E-state index is 13.5. The van der Waals surface area contributed by atoms with Crippen LogP contribution in [0.1, 0.15) is 10.4 Å². The third-order valence-corrected chi connectivity index (χ3v) is 6.26. The Balaban J connectivity index is 0.00000162. The van der Waals surface area contributed by atoms with E-state index in [-0.39, 0.29) is 42.8 Å². The first kappa shape index (κ1) is 33.3. The number of amides is 1. The van der Waals surface area contributed by atoms with Gasteiger partial charge in [0.15, 0.2) is 0 Å². The Kier molecular flexibility index (Phi) is 11.8. The Hall–Kier alpha value is -4.24. The third-order valence-electron chi connectivity index (χ3n) is 6.26. The van der Waals surface area contributed by atoms with Gasteiger partial charge in [0.25, 0.3) is 5.91 Å². The number of nitrogens with zero attached hydrogens (tertiary/aromatic N) is 5. The van der Waals surface area contributed by atoms with Crippen molar-refractivity contribution in [3.63, 3.8) is 0 Å². The number of benzene rings is 1. The van der Waals surface area contributed by atoms with Crippen LogP contribution in [-0.4, -0.2) is 90.8 Å². The third kappa shape index (κ3) is 9.12. The van der Waals surface area contributed by atoms with Crippen molar-refractivity contribution in [2.45, 2.75) is 12.2 Å². The van der Waals surface area contributed by atoms with Crippen LogP contribution in [0.3, 0.4) is 0 Å². The number of likely N-dealkylation sites (N-methyl/N-ethyl adjacent to an activating group) is 1. The second-order valence-corrected chi connectivity index (χ2v) is 10.2. The zero-order valence-corrected chi connectivity index (χ0v) is 25.2. The molecule has 1 aliphatic heterocycles. The van der Waals surface area contributed by atoms with E-state index in [9.17, 15) is 18.0 Å². The van der Waals surface area contributed by atoms with Crippen molar-refractivity contribution in [3.05, 3.63) is 60.8 Å². The summed E-state index contributed by atoms with van der Waals surface area (Å²) >= 11 is 1.75. The Morgan fingerprint density at radius 1 is 1.21 bits per heavy atom. The summed E-state index contributed by atoms with van der Waals surface area (Å²) in [7, 11) is 2.92. The van der Waals surface area contributed by atoms with Crippen LogP contribution in [-0.2, 0) is 0 Å². The van der Waals surface area contributed by atoms with E-state index in [0.29, 0.717) is 29.5 Å². The van der Waals surface area contributed by atoms with Gasteiger partial charge in [-0.1, -0.05) is 12.1 Å². The molecule has 5 N–H and O–H groups in total. The number of ether oxygens (including phenoxy) is 1. The highest BCUT2D eigenvalue weighted by atomic mass is 32.2. The maximum Gasteiger partial charge on any atom is 0.405 e. The highest BCUT2D eigenvalue weighted by molar-refractivity contribution is 7.97. The first-order valence-electron chi connectivity index (χ1n) is 13.1. The summed E-state index contributed by atoms with van der Waals surface area (Å²) in [6, 6.07) is 8.44. The zero-order valence-electron chi connectivity index (χ0n) is 24.4. The molecule has 232 valence electrons. The molecule has 1 aromatic carbocycles. The van der Waals surface area contributed by atoms with E-state index in [4.69, 9.17) is 10.5 Å². The molecule has 0 bridgehead atoms. The molecule has 4 rings (SSSR count). The predicted molar refractivity (Wildman–Crippen MR) is 167 cm³/mol. The number of alkyl halides is 3. The van der Waals surface area contributed by atoms with E-state index >= 15 is 0 Å². The van der Waals surface area contributed by atoms with Crippen LogP contribution in [0.2, 0.25) is 0 Å². The molecule has 0 saturated carbocycles. The molecule has 3 heterocycles. The minimum absolute atomic E-state index is 0.151. The number of hydrogen-bond donors (Lipinski definition) is 4. The molecule has 0 radical (unpaired) electrons. The first-order chi connectivity index (χ1) is 20.5. The number of nitrogen functional groups attached to an aromatic ring is 1. The first-order valence-corrected chi connectivity index (χ1v) is 14.8. The summed E-state index contributed by atoms with van der Waals surface area (Å²) in [6.45, 7) is 4.30. The molecule has 1 fully saturated rings. The molecule has 1 unspecified atom stereocenters. The number of nitrogens with one attached hydrogen (secondary N) is 3. The highest BCUT2D eigenvalue weighted by Gasteiger charge is 2.45. The van der Waals surface area contributed by atoms with Crippen molar-refractivity contribution in [1.82, 2.24) is 25.2 Å². The van der Waals surface area contributed by atoms with Crippen molar-refractivity contribution in [2.75, 3.05) is 74.1 Å². The molecule has 1 saturated heterocycles. The number of nitrogens with two attached hydrogens (primary N) is 1. The molecule has 3 aromatic rings. The van der Waals surface area contributed by atoms with Crippen LogP contribution in [0, 0.1) is 0 Å². The van der Waals surface area contributed by atoms with E-state index in [2.05, 4.69) is 37.5 Å². The fraction of sp³-hybridized carbons (Fsp3) is 0.357. The van der Waals surface area contributed by atoms with Crippen LogP contribution in [0.15, 0.2) is 55.3 Å². The van der Waals surface area contributed by atoms with Crippen LogP contribution in [0.5, 0.6) is 5.75 Å². The van der Waals surface area contributed by atoms with Crippen LogP contribution in [0.4, 0.5) is 47.9 Å². The number of pyridine rings is 1. The van der Waals surface area contributed by atoms with Crippen molar-refractivity contribution >= 4 is 52.4 Å². The molecule has 43 heavy (non-hydrogen) atoms. The Labute approximate surface area is 253 Å². The molecule has 1 atom stereocenters. The second-order valence-electron chi connectivity index (χ2n) is 9.43. The van der Waals surface area contributed by atoms with Gasteiger partial charge in [0.1, 0.15) is 34.8 Å². The number of methoxy groups -OCH3 is 1. The molecular formula is C28H36F3N9O2S. The molecule has 11 nitrogen and oxygen atoms in total. The van der Waals surface area contributed by atoms with Gasteiger partial charge in [-0.25, -0.2) is 9.97 Å². The normalized spacial score (nSPS) is 15.1. The number of rotatable bonds is 9. The lowest BCUT2D eigenvalue weighted by molar-refractivity contribution is -0.180. The summed E-state index contributed by atoms with van der Waals surface area (Å²) in [5.74, 6) is 0.947. The largest absolute Gasteiger partial charge is 0.495 e. The Bertz CT molecular complexity index is 1390. The van der Waals surface area contributed by atoms with Gasteiger partial charge in [0.05, 0.1) is 12.8 Å². The van der Waals surface area contributed by atoms with E-state index in [0.717, 1.165) is 0 Å². The van der Waals surface area contributed by atoms with Crippen molar-refractivity contribution in [2.24, 2.45) is 0 Å². The molecule has 1 amide bonds. The fourth-order valence-corrected chi connectivity index (χ4v) is 4.20. The van der Waals surface area contributed by atoms with Crippen molar-refractivity contribution in [3.8, 4) is 5.75 Å². The van der Waals surface area contributed by atoms with Crippen LogP contribution >= 0.6 is 11.8 Å². The average molecular weight is 620 g/mol. The monoisotopic (exact) mass is 619 g/mol. The van der Waals surface area contributed by atoms with Gasteiger partial charge in [-0.3, -0.25) is 9.69 Å². The van der Waals surface area contributed by atoms with E-state index in [1.165, 1.54) is 25.3 Å². The molecular weight excluding hydrogens is 583 g/mol. The fourth-order valence-electron chi connectivity index (χ4n) is 4.20. The molecule has 15 heteroatoms. The minimum atomic E-state index is -4.35. The van der Waals surface area contributed by atoms with Gasteiger partial charge < -0.3 is 31.3 Å². The maximum absolute atomic E-state index is 13.5. The van der Waals surface area contributed by atoms with Gasteiger partial charge >= 0.3 is 6.18 Å². The topological polar surface area (TPSA) is 134 Å². The quantitative estimate of drug-likeness (QED) is 0.252. The van der Waals surface area contributed by atoms with Gasteiger partial charge in [-0.2, -0.15) is 29.9 Å². The molecule has 0 spiro atoms. The Morgan fingerprint density at radius 3 is 2.60 bits per heavy atom. The average Bonchev–Trinajstić information content (AvgIpc) is 2.96. The number of halogens is 3. The number of anilines is 6. The summed E-state index contributed by atoms with van der Waals surface area (Å²) in [5.41, 5.74) is 7.01. The van der Waals surface area contributed by atoms with E-state index in [1.807, 2.05) is 12.5 Å². The van der Waals surface area contributed by atoms with Crippen LogP contribution < -0.4 is 31.3 Å². The lowest BCUT2D eigenvalue weighted by Gasteiger charge is -2.41. The van der Waals surface area contributed by atoms with Crippen LogP contribution in [0.25, 0.3) is 0 Å². The Morgan fingerprint density at radius 2 is 1.95 bits per heavy atom. The summed E-state index contributed by atoms with van der Waals surface area (Å²) in [5, 5.41) is 8.73. The standard InChI is InChI=1S/C26H30F3N9O2.C2H6S/c1-4-10-31-24(39)17-14-32-25(36-23(17)35-22-7-5-6-21(30)34-22)33-16-8-9-18(19(13-16)40-3)38-12-11-37(2)20(15-38)26(27,28)29;1-3-2/h4-9,13-14,20H,1,10-12,15H2,2-3H3,(H,31,39)(H4,30,32,33,34,35,36);1-2H3. The smallest absolute Gasteiger partial charge is 0.405 e.